The number of fused-ring (bicyclic) bond motifs is 2. The van der Waals surface area contributed by atoms with Gasteiger partial charge in [-0.05, 0) is 49.1 Å². The van der Waals surface area contributed by atoms with Gasteiger partial charge >= 0.3 is 5.69 Å². The third-order valence-corrected chi connectivity index (χ3v) is 7.03. The molecule has 0 unspecified atom stereocenters. The van der Waals surface area contributed by atoms with Crippen molar-refractivity contribution in [1.29, 1.82) is 0 Å². The Morgan fingerprint density at radius 1 is 1.09 bits per heavy atom. The number of thiophene rings is 1. The first-order valence-electron chi connectivity index (χ1n) is 9.88. The van der Waals surface area contributed by atoms with E-state index in [0.717, 1.165) is 25.9 Å². The Bertz CT molecular complexity index is 1590. The predicted molar refractivity (Wildman–Crippen MR) is 129 cm³/mol. The normalized spacial score (nSPS) is 11.3. The molecule has 0 radical (unpaired) electrons. The molecule has 0 aliphatic rings. The molecule has 5 aromatic rings. The number of nitrogens with zero attached hydrogens (tertiary/aromatic N) is 3. The van der Waals surface area contributed by atoms with Gasteiger partial charge in [-0.3, -0.25) is 14.2 Å². The summed E-state index contributed by atoms with van der Waals surface area (Å²) in [6.07, 6.45) is 0. The molecule has 32 heavy (non-hydrogen) atoms. The number of hydrogen-bond donors (Lipinski definition) is 1. The van der Waals surface area contributed by atoms with Gasteiger partial charge in [-0.1, -0.05) is 41.2 Å². The molecule has 0 fully saturated rings. The number of anilines is 1. The van der Waals surface area contributed by atoms with Gasteiger partial charge in [0.2, 0.25) is 5.91 Å². The first-order valence-corrected chi connectivity index (χ1v) is 11.6. The third kappa shape index (κ3) is 3.45. The second-order valence-electron chi connectivity index (χ2n) is 7.47. The fraction of sp³-hybridized carbons (Fsp3) is 0.130. The van der Waals surface area contributed by atoms with Crippen molar-refractivity contribution in [3.05, 3.63) is 85.9 Å². The quantitative estimate of drug-likeness (QED) is 0.436. The molecule has 3 heterocycles. The summed E-state index contributed by atoms with van der Waals surface area (Å²) in [4.78, 5) is 43.8. The van der Waals surface area contributed by atoms with Gasteiger partial charge in [0.25, 0.3) is 5.56 Å². The Morgan fingerprint density at radius 2 is 1.91 bits per heavy atom. The molecular formula is C23H18N4O3S2. The number of thiazole rings is 1. The van der Waals surface area contributed by atoms with Gasteiger partial charge in [0.15, 0.2) is 5.13 Å². The minimum Gasteiger partial charge on any atom is -0.300 e. The lowest BCUT2D eigenvalue weighted by Gasteiger charge is -2.14. The minimum atomic E-state index is -0.549. The van der Waals surface area contributed by atoms with Crippen molar-refractivity contribution in [3.63, 3.8) is 0 Å². The summed E-state index contributed by atoms with van der Waals surface area (Å²) in [5, 5.41) is 5.00. The highest BCUT2D eigenvalue weighted by Gasteiger charge is 2.19. The third-order valence-electron chi connectivity index (χ3n) is 5.19. The maximum atomic E-state index is 13.4. The molecule has 9 heteroatoms. The fourth-order valence-corrected chi connectivity index (χ4v) is 5.44. The maximum Gasteiger partial charge on any atom is 0.336 e. The number of para-hydroxylation sites is 1. The first-order chi connectivity index (χ1) is 15.4. The zero-order chi connectivity index (χ0) is 22.4. The second kappa shape index (κ2) is 7.85. The SMILES string of the molecule is Cc1ccc(-n2c(=O)c3sccc3n(CC(=O)Nc3nc4ccccc4s3)c2=O)c(C)c1. The maximum absolute atomic E-state index is 13.4. The van der Waals surface area contributed by atoms with Crippen LogP contribution in [0.5, 0.6) is 0 Å². The Balaban J connectivity index is 1.57. The fourth-order valence-electron chi connectivity index (χ4n) is 3.74. The van der Waals surface area contributed by atoms with Crippen molar-refractivity contribution in [2.45, 2.75) is 20.4 Å². The minimum absolute atomic E-state index is 0.229. The molecule has 1 N–H and O–H groups in total. The molecule has 1 amide bonds. The van der Waals surface area contributed by atoms with Crippen LogP contribution in [-0.4, -0.2) is 20.0 Å². The van der Waals surface area contributed by atoms with Crippen LogP contribution >= 0.6 is 22.7 Å². The van der Waals surface area contributed by atoms with Gasteiger partial charge in [-0.2, -0.15) is 0 Å². The predicted octanol–water partition coefficient (Wildman–Crippen LogP) is 4.08. The highest BCUT2D eigenvalue weighted by atomic mass is 32.1. The van der Waals surface area contributed by atoms with Gasteiger partial charge in [0.1, 0.15) is 11.2 Å². The zero-order valence-electron chi connectivity index (χ0n) is 17.3. The number of rotatable bonds is 4. The summed E-state index contributed by atoms with van der Waals surface area (Å²) in [5.74, 6) is -0.385. The highest BCUT2D eigenvalue weighted by Crippen LogP contribution is 2.25. The molecule has 7 nitrogen and oxygen atoms in total. The van der Waals surface area contributed by atoms with E-state index in [1.165, 1.54) is 27.2 Å². The summed E-state index contributed by atoms with van der Waals surface area (Å²) in [6.45, 7) is 3.58. The van der Waals surface area contributed by atoms with Crippen LogP contribution in [0.15, 0.2) is 63.5 Å². The van der Waals surface area contributed by atoms with Gasteiger partial charge in [-0.25, -0.2) is 14.3 Å². The number of benzene rings is 2. The van der Waals surface area contributed by atoms with Crippen molar-refractivity contribution in [2.24, 2.45) is 0 Å². The van der Waals surface area contributed by atoms with Crippen LogP contribution in [-0.2, 0) is 11.3 Å². The number of carbonyl (C=O) groups excluding carboxylic acids is 1. The number of hydrogen-bond acceptors (Lipinski definition) is 6. The standard InChI is InChI=1S/C23H18N4O3S2/c1-13-7-8-16(14(2)11-13)27-21(29)20-17(9-10-31-20)26(23(27)30)12-19(28)25-22-24-15-5-3-4-6-18(15)32-22/h3-11H,12H2,1-2H3,(H,24,25,28). The van der Waals surface area contributed by atoms with Gasteiger partial charge < -0.3 is 5.32 Å². The lowest BCUT2D eigenvalue weighted by molar-refractivity contribution is -0.116. The number of aromatic nitrogens is 3. The molecule has 160 valence electrons. The van der Waals surface area contributed by atoms with Gasteiger partial charge in [0, 0.05) is 0 Å². The van der Waals surface area contributed by atoms with E-state index in [1.54, 1.807) is 17.5 Å². The molecule has 0 bridgehead atoms. The van der Waals surface area contributed by atoms with Crippen molar-refractivity contribution in [2.75, 3.05) is 5.32 Å². The summed E-state index contributed by atoms with van der Waals surface area (Å²) in [7, 11) is 0. The Hall–Kier alpha value is -3.56. The van der Waals surface area contributed by atoms with E-state index in [2.05, 4.69) is 10.3 Å². The molecule has 2 aromatic carbocycles. The Labute approximate surface area is 190 Å². The average molecular weight is 463 g/mol. The Kier molecular flexibility index (Phi) is 4.99. The van der Waals surface area contributed by atoms with E-state index in [4.69, 9.17) is 0 Å². The van der Waals surface area contributed by atoms with Crippen LogP contribution < -0.4 is 16.6 Å². The topological polar surface area (TPSA) is 86.0 Å². The largest absolute Gasteiger partial charge is 0.336 e. The van der Waals surface area contributed by atoms with Crippen LogP contribution in [0.2, 0.25) is 0 Å². The molecule has 0 aliphatic carbocycles. The van der Waals surface area contributed by atoms with E-state index in [-0.39, 0.29) is 18.0 Å². The lowest BCUT2D eigenvalue weighted by Crippen LogP contribution is -2.40. The van der Waals surface area contributed by atoms with Gasteiger partial charge in [0.05, 0.1) is 21.4 Å². The number of amides is 1. The van der Waals surface area contributed by atoms with Crippen LogP contribution in [0, 0.1) is 13.8 Å². The molecule has 0 spiro atoms. The highest BCUT2D eigenvalue weighted by molar-refractivity contribution is 7.22. The van der Waals surface area contributed by atoms with Crippen LogP contribution in [0.3, 0.4) is 0 Å². The number of nitrogens with one attached hydrogen (secondary N) is 1. The van der Waals surface area contributed by atoms with Crippen molar-refractivity contribution < 1.29 is 4.79 Å². The molecular weight excluding hydrogens is 444 g/mol. The molecule has 0 saturated carbocycles. The number of aryl methyl sites for hydroxylation is 2. The zero-order valence-corrected chi connectivity index (χ0v) is 18.9. The summed E-state index contributed by atoms with van der Waals surface area (Å²) in [6, 6.07) is 14.8. The Morgan fingerprint density at radius 3 is 2.69 bits per heavy atom. The summed E-state index contributed by atoms with van der Waals surface area (Å²) in [5.41, 5.74) is 2.68. The molecule has 0 atom stereocenters. The smallest absolute Gasteiger partial charge is 0.300 e. The first kappa shape index (κ1) is 20.3. The van der Waals surface area contributed by atoms with E-state index >= 15 is 0 Å². The van der Waals surface area contributed by atoms with Crippen molar-refractivity contribution in [3.8, 4) is 5.69 Å². The average Bonchev–Trinajstić information content (AvgIpc) is 3.39. The van der Waals surface area contributed by atoms with E-state index < -0.39 is 5.69 Å². The summed E-state index contributed by atoms with van der Waals surface area (Å²) < 4.78 is 3.88. The summed E-state index contributed by atoms with van der Waals surface area (Å²) >= 11 is 2.62. The van der Waals surface area contributed by atoms with Crippen LogP contribution in [0.1, 0.15) is 11.1 Å². The van der Waals surface area contributed by atoms with Crippen molar-refractivity contribution >= 4 is 54.1 Å². The van der Waals surface area contributed by atoms with Crippen LogP contribution in [0.4, 0.5) is 5.13 Å². The molecule has 0 saturated heterocycles. The second-order valence-corrected chi connectivity index (χ2v) is 9.42. The van der Waals surface area contributed by atoms with Crippen LogP contribution in [0.25, 0.3) is 26.1 Å². The lowest BCUT2D eigenvalue weighted by atomic mass is 10.1. The van der Waals surface area contributed by atoms with Gasteiger partial charge in [-0.15, -0.1) is 11.3 Å². The van der Waals surface area contributed by atoms with Crippen molar-refractivity contribution in [1.82, 2.24) is 14.1 Å². The monoisotopic (exact) mass is 462 g/mol. The number of carbonyl (C=O) groups is 1. The molecule has 3 aromatic heterocycles. The molecule has 0 aliphatic heterocycles. The van der Waals surface area contributed by atoms with E-state index in [9.17, 15) is 14.4 Å². The van der Waals surface area contributed by atoms with E-state index in [0.29, 0.717) is 21.0 Å². The van der Waals surface area contributed by atoms with E-state index in [1.807, 2.05) is 50.2 Å². The molecule has 5 rings (SSSR count).